The fourth-order valence-corrected chi connectivity index (χ4v) is 3.14. The van der Waals surface area contributed by atoms with Crippen LogP contribution in [0.25, 0.3) is 0 Å². The lowest BCUT2D eigenvalue weighted by atomic mass is 10.2. The molecule has 0 fully saturated rings. The van der Waals surface area contributed by atoms with Gasteiger partial charge in [-0.2, -0.15) is 0 Å². The number of nitrogens with one attached hydrogen (secondary N) is 3. The molecule has 1 amide bonds. The Morgan fingerprint density at radius 3 is 2.48 bits per heavy atom. The molecule has 7 nitrogen and oxygen atoms in total. The van der Waals surface area contributed by atoms with E-state index in [1.54, 1.807) is 18.4 Å². The van der Waals surface area contributed by atoms with E-state index in [9.17, 15) is 4.79 Å². The molecule has 0 spiro atoms. The van der Waals surface area contributed by atoms with Crippen LogP contribution in [0.2, 0.25) is 0 Å². The van der Waals surface area contributed by atoms with Gasteiger partial charge in [0, 0.05) is 18.0 Å². The summed E-state index contributed by atoms with van der Waals surface area (Å²) in [7, 11) is 1.63. The predicted molar refractivity (Wildman–Crippen MR) is 109 cm³/mol. The summed E-state index contributed by atoms with van der Waals surface area (Å²) in [5, 5.41) is 10.2. The number of hydrogen-bond acceptors (Lipinski definition) is 5. The van der Waals surface area contributed by atoms with Gasteiger partial charge in [0.2, 0.25) is 5.91 Å². The fourth-order valence-electron chi connectivity index (χ4n) is 2.27. The van der Waals surface area contributed by atoms with E-state index in [0.717, 1.165) is 28.6 Å². The highest BCUT2D eigenvalue weighted by atomic mass is 32.1. The number of aryl methyl sites for hydroxylation is 2. The number of rotatable bonds is 8. The number of amides is 1. The van der Waals surface area contributed by atoms with Gasteiger partial charge in [-0.05, 0) is 38.5 Å². The Kier molecular flexibility index (Phi) is 8.06. The lowest BCUT2D eigenvalue weighted by Crippen LogP contribution is -2.38. The number of carbonyl (C=O) groups excluding carboxylic acids is 1. The molecule has 0 saturated carbocycles. The number of aromatic nitrogens is 1. The summed E-state index contributed by atoms with van der Waals surface area (Å²) < 4.78 is 5.12. The van der Waals surface area contributed by atoms with Crippen molar-refractivity contribution in [1.29, 1.82) is 0 Å². The van der Waals surface area contributed by atoms with E-state index in [1.165, 1.54) is 4.88 Å². The van der Waals surface area contributed by atoms with Gasteiger partial charge >= 0.3 is 0 Å². The van der Waals surface area contributed by atoms with E-state index >= 15 is 0 Å². The standard InChI is InChI=1S/C19H27N5O2S/c1-5-20-19(23-12-18-24-13(2)14(3)27-18)22-11-17(25)21-10-15-6-8-16(26-4)9-7-15/h6-9H,5,10-12H2,1-4H3,(H,21,25)(H2,20,22,23). The molecule has 0 unspecified atom stereocenters. The minimum Gasteiger partial charge on any atom is -0.497 e. The summed E-state index contributed by atoms with van der Waals surface area (Å²) >= 11 is 1.66. The number of guanidine groups is 1. The molecular formula is C19H27N5O2S. The zero-order valence-corrected chi connectivity index (χ0v) is 17.1. The molecule has 0 aliphatic rings. The summed E-state index contributed by atoms with van der Waals surface area (Å²) in [5.74, 6) is 1.26. The van der Waals surface area contributed by atoms with Crippen molar-refractivity contribution in [3.05, 3.63) is 45.4 Å². The highest BCUT2D eigenvalue weighted by molar-refractivity contribution is 7.11. The molecule has 3 N–H and O–H groups in total. The summed E-state index contributed by atoms with van der Waals surface area (Å²) in [5.41, 5.74) is 2.06. The number of hydrogen-bond donors (Lipinski definition) is 3. The van der Waals surface area contributed by atoms with Crippen LogP contribution in [0.1, 0.15) is 28.1 Å². The molecule has 2 aromatic rings. The predicted octanol–water partition coefficient (Wildman–Crippen LogP) is 2.14. The second kappa shape index (κ2) is 10.5. The van der Waals surface area contributed by atoms with Crippen LogP contribution in [-0.4, -0.2) is 37.1 Å². The third-order valence-electron chi connectivity index (χ3n) is 3.85. The smallest absolute Gasteiger partial charge is 0.242 e. The zero-order chi connectivity index (χ0) is 19.6. The highest BCUT2D eigenvalue weighted by Crippen LogP contribution is 2.15. The molecule has 0 radical (unpaired) electrons. The first kappa shape index (κ1) is 20.7. The van der Waals surface area contributed by atoms with Gasteiger partial charge in [0.05, 0.1) is 19.3 Å². The van der Waals surface area contributed by atoms with E-state index in [1.807, 2.05) is 38.1 Å². The van der Waals surface area contributed by atoms with Crippen molar-refractivity contribution in [2.24, 2.45) is 4.99 Å². The van der Waals surface area contributed by atoms with Gasteiger partial charge in [0.1, 0.15) is 17.3 Å². The monoisotopic (exact) mass is 389 g/mol. The zero-order valence-electron chi connectivity index (χ0n) is 16.3. The van der Waals surface area contributed by atoms with Crippen molar-refractivity contribution in [3.8, 4) is 5.75 Å². The summed E-state index contributed by atoms with van der Waals surface area (Å²) in [6.45, 7) is 7.86. The van der Waals surface area contributed by atoms with Crippen molar-refractivity contribution >= 4 is 23.2 Å². The Labute approximate surface area is 164 Å². The Hall–Kier alpha value is -2.61. The molecular weight excluding hydrogens is 362 g/mol. The molecule has 2 rings (SSSR count). The fraction of sp³-hybridized carbons (Fsp3) is 0.421. The van der Waals surface area contributed by atoms with Crippen molar-refractivity contribution in [1.82, 2.24) is 20.9 Å². The minimum absolute atomic E-state index is 0.0570. The summed E-state index contributed by atoms with van der Waals surface area (Å²) in [6, 6.07) is 7.59. The van der Waals surface area contributed by atoms with E-state index in [2.05, 4.69) is 32.9 Å². The van der Waals surface area contributed by atoms with E-state index < -0.39 is 0 Å². The normalized spacial score (nSPS) is 11.2. The third kappa shape index (κ3) is 6.90. The first-order valence-corrected chi connectivity index (χ1v) is 9.68. The minimum atomic E-state index is -0.135. The second-order valence-corrected chi connectivity index (χ2v) is 7.21. The van der Waals surface area contributed by atoms with Crippen molar-refractivity contribution in [2.45, 2.75) is 33.9 Å². The maximum absolute atomic E-state index is 12.1. The van der Waals surface area contributed by atoms with Gasteiger partial charge in [-0.3, -0.25) is 4.79 Å². The maximum Gasteiger partial charge on any atom is 0.242 e. The number of methoxy groups -OCH3 is 1. The largest absolute Gasteiger partial charge is 0.497 e. The molecule has 0 aliphatic carbocycles. The molecule has 0 atom stereocenters. The number of benzene rings is 1. The Bertz CT molecular complexity index is 751. The highest BCUT2D eigenvalue weighted by Gasteiger charge is 2.06. The quantitative estimate of drug-likeness (QED) is 0.476. The molecule has 0 bridgehead atoms. The van der Waals surface area contributed by atoms with Gasteiger partial charge in [-0.1, -0.05) is 12.1 Å². The number of ether oxygens (including phenoxy) is 1. The number of thiazole rings is 1. The van der Waals surface area contributed by atoms with Crippen molar-refractivity contribution in [3.63, 3.8) is 0 Å². The summed E-state index contributed by atoms with van der Waals surface area (Å²) in [6.07, 6.45) is 0. The summed E-state index contributed by atoms with van der Waals surface area (Å²) in [4.78, 5) is 22.1. The van der Waals surface area contributed by atoms with Gasteiger partial charge in [-0.25, -0.2) is 9.98 Å². The molecule has 146 valence electrons. The molecule has 1 heterocycles. The van der Waals surface area contributed by atoms with E-state index in [0.29, 0.717) is 19.0 Å². The number of nitrogens with zero attached hydrogens (tertiary/aromatic N) is 2. The average Bonchev–Trinajstić information content (AvgIpc) is 3.00. The molecule has 0 aliphatic heterocycles. The first-order chi connectivity index (χ1) is 13.0. The Balaban J connectivity index is 1.82. The van der Waals surface area contributed by atoms with Crippen molar-refractivity contribution in [2.75, 3.05) is 20.2 Å². The number of carbonyl (C=O) groups is 1. The SMILES string of the molecule is CCNC(=NCC(=O)NCc1ccc(OC)cc1)NCc1nc(C)c(C)s1. The van der Waals surface area contributed by atoms with Crippen LogP contribution in [0.3, 0.4) is 0 Å². The molecule has 1 aromatic heterocycles. The van der Waals surface area contributed by atoms with Gasteiger partial charge in [-0.15, -0.1) is 11.3 Å². The lowest BCUT2D eigenvalue weighted by molar-refractivity contribution is -0.119. The van der Waals surface area contributed by atoms with Crippen molar-refractivity contribution < 1.29 is 9.53 Å². The van der Waals surface area contributed by atoms with Gasteiger partial charge < -0.3 is 20.7 Å². The molecule has 0 saturated heterocycles. The van der Waals surface area contributed by atoms with Crippen LogP contribution >= 0.6 is 11.3 Å². The van der Waals surface area contributed by atoms with Crippen LogP contribution in [0.5, 0.6) is 5.75 Å². The average molecular weight is 390 g/mol. The molecule has 1 aromatic carbocycles. The Morgan fingerprint density at radius 1 is 1.15 bits per heavy atom. The topological polar surface area (TPSA) is 87.6 Å². The van der Waals surface area contributed by atoms with E-state index in [-0.39, 0.29) is 12.5 Å². The molecule has 8 heteroatoms. The second-order valence-electron chi connectivity index (χ2n) is 5.92. The van der Waals surface area contributed by atoms with Crippen LogP contribution in [0, 0.1) is 13.8 Å². The van der Waals surface area contributed by atoms with E-state index in [4.69, 9.17) is 4.74 Å². The lowest BCUT2D eigenvalue weighted by Gasteiger charge is -2.10. The number of aliphatic imine (C=N–C) groups is 1. The first-order valence-electron chi connectivity index (χ1n) is 8.86. The van der Waals surface area contributed by atoms with Crippen LogP contribution in [-0.2, 0) is 17.9 Å². The van der Waals surface area contributed by atoms with Crippen LogP contribution in [0.15, 0.2) is 29.3 Å². The van der Waals surface area contributed by atoms with Gasteiger partial charge in [0.15, 0.2) is 5.96 Å². The maximum atomic E-state index is 12.1. The third-order valence-corrected chi connectivity index (χ3v) is 4.93. The molecule has 27 heavy (non-hydrogen) atoms. The van der Waals surface area contributed by atoms with Gasteiger partial charge in [0.25, 0.3) is 0 Å². The Morgan fingerprint density at radius 2 is 1.89 bits per heavy atom. The van der Waals surface area contributed by atoms with Crippen LogP contribution < -0.4 is 20.7 Å². The van der Waals surface area contributed by atoms with Crippen LogP contribution in [0.4, 0.5) is 0 Å².